The normalized spacial score (nSPS) is 16.2. The van der Waals surface area contributed by atoms with E-state index in [1.807, 2.05) is 45.9 Å². The Morgan fingerprint density at radius 1 is 1.00 bits per heavy atom. The van der Waals surface area contributed by atoms with Crippen LogP contribution in [0, 0.1) is 6.57 Å². The summed E-state index contributed by atoms with van der Waals surface area (Å²) in [5, 5.41) is 0. The molecule has 2 aromatic rings. The smallest absolute Gasteiger partial charge is 0.457 e. The molecule has 6 nitrogen and oxygen atoms in total. The Labute approximate surface area is 191 Å². The zero-order valence-electron chi connectivity index (χ0n) is 19.4. The minimum absolute atomic E-state index is 0.00564. The summed E-state index contributed by atoms with van der Waals surface area (Å²) in [6.07, 6.45) is 2.90. The molecule has 0 saturated carbocycles. The predicted molar refractivity (Wildman–Crippen MR) is 125 cm³/mol. The van der Waals surface area contributed by atoms with Crippen LogP contribution in [0.4, 0.5) is 5.69 Å². The van der Waals surface area contributed by atoms with Gasteiger partial charge in [0.05, 0.1) is 13.2 Å². The highest BCUT2D eigenvalue weighted by Crippen LogP contribution is 2.25. The first kappa shape index (κ1) is 24.3. The van der Waals surface area contributed by atoms with Gasteiger partial charge in [0.25, 0.3) is 0 Å². The Hall–Kier alpha value is -2.37. The monoisotopic (exact) mass is 437 g/mol. The third-order valence-corrected chi connectivity index (χ3v) is 4.92. The molecule has 170 valence electrons. The largest absolute Gasteiger partial charge is 0.494 e. The van der Waals surface area contributed by atoms with E-state index in [1.165, 1.54) is 0 Å². The van der Waals surface area contributed by atoms with Crippen molar-refractivity contribution in [3.63, 3.8) is 0 Å². The summed E-state index contributed by atoms with van der Waals surface area (Å²) in [6, 6.07) is 12.9. The summed E-state index contributed by atoms with van der Waals surface area (Å²) >= 11 is 0. The molecule has 3 rings (SSSR count). The van der Waals surface area contributed by atoms with Gasteiger partial charge in [-0.1, -0.05) is 18.2 Å². The number of rotatable bonds is 10. The SMILES string of the molecule is [C-]#[N+]c1ccc(Oc2ccc(B(OC(C)C)OC(C)C)c(COC3CCCCO3)c2)cc1. The van der Waals surface area contributed by atoms with Gasteiger partial charge in [0.15, 0.2) is 12.0 Å². The molecule has 1 heterocycles. The molecule has 7 heteroatoms. The molecule has 0 N–H and O–H groups in total. The van der Waals surface area contributed by atoms with E-state index in [9.17, 15) is 0 Å². The Morgan fingerprint density at radius 3 is 2.28 bits per heavy atom. The van der Waals surface area contributed by atoms with Gasteiger partial charge < -0.3 is 23.5 Å². The predicted octanol–water partition coefficient (Wildman–Crippen LogP) is 5.62. The van der Waals surface area contributed by atoms with E-state index in [-0.39, 0.29) is 18.5 Å². The summed E-state index contributed by atoms with van der Waals surface area (Å²) < 4.78 is 30.0. The highest BCUT2D eigenvalue weighted by molar-refractivity contribution is 6.62. The van der Waals surface area contributed by atoms with Crippen LogP contribution in [0.5, 0.6) is 11.5 Å². The summed E-state index contributed by atoms with van der Waals surface area (Å²) in [7, 11) is -0.507. The molecule has 1 unspecified atom stereocenters. The van der Waals surface area contributed by atoms with Crippen molar-refractivity contribution >= 4 is 18.3 Å². The van der Waals surface area contributed by atoms with E-state index in [0.29, 0.717) is 23.8 Å². The summed E-state index contributed by atoms with van der Waals surface area (Å²) in [4.78, 5) is 3.42. The van der Waals surface area contributed by atoms with Gasteiger partial charge in [-0.15, -0.1) is 0 Å². The van der Waals surface area contributed by atoms with Crippen molar-refractivity contribution < 1.29 is 23.5 Å². The standard InChI is InChI=1S/C25H32BNO5/c1-18(2)31-26(32-19(3)4)24-14-13-23(30-22-11-9-21(27-5)10-12-22)16-20(24)17-29-25-8-6-7-15-28-25/h9-14,16,18-19,25H,6-8,15,17H2,1-4H3. The summed E-state index contributed by atoms with van der Waals surface area (Å²) in [5.74, 6) is 1.35. The van der Waals surface area contributed by atoms with Gasteiger partial charge in [-0.25, -0.2) is 4.85 Å². The minimum Gasteiger partial charge on any atom is -0.457 e. The van der Waals surface area contributed by atoms with Crippen molar-refractivity contribution in [2.75, 3.05) is 6.61 Å². The first-order chi connectivity index (χ1) is 15.4. The van der Waals surface area contributed by atoms with E-state index in [4.69, 9.17) is 30.1 Å². The first-order valence-electron chi connectivity index (χ1n) is 11.3. The van der Waals surface area contributed by atoms with Crippen LogP contribution in [0.15, 0.2) is 42.5 Å². The van der Waals surface area contributed by atoms with Crippen molar-refractivity contribution in [2.24, 2.45) is 0 Å². The molecule has 0 aliphatic carbocycles. The van der Waals surface area contributed by atoms with E-state index >= 15 is 0 Å². The average molecular weight is 437 g/mol. The number of hydrogen-bond donors (Lipinski definition) is 0. The second-order valence-electron chi connectivity index (χ2n) is 8.38. The number of ether oxygens (including phenoxy) is 3. The molecular weight excluding hydrogens is 405 g/mol. The van der Waals surface area contributed by atoms with Crippen molar-refractivity contribution in [3.05, 3.63) is 59.4 Å². The molecule has 1 aliphatic heterocycles. The van der Waals surface area contributed by atoms with Gasteiger partial charge in [-0.2, -0.15) is 0 Å². The van der Waals surface area contributed by atoms with Crippen LogP contribution in [0.2, 0.25) is 0 Å². The molecule has 32 heavy (non-hydrogen) atoms. The van der Waals surface area contributed by atoms with E-state index < -0.39 is 7.12 Å². The van der Waals surface area contributed by atoms with Gasteiger partial charge in [0.2, 0.25) is 0 Å². The molecule has 0 bridgehead atoms. The Morgan fingerprint density at radius 2 is 1.69 bits per heavy atom. The lowest BCUT2D eigenvalue weighted by atomic mass is 9.75. The average Bonchev–Trinajstić information content (AvgIpc) is 2.78. The van der Waals surface area contributed by atoms with Crippen LogP contribution in [0.3, 0.4) is 0 Å². The van der Waals surface area contributed by atoms with E-state index in [0.717, 1.165) is 36.9 Å². The van der Waals surface area contributed by atoms with Crippen molar-refractivity contribution in [1.82, 2.24) is 0 Å². The molecule has 1 saturated heterocycles. The topological polar surface area (TPSA) is 50.5 Å². The quantitative estimate of drug-likeness (QED) is 0.357. The lowest BCUT2D eigenvalue weighted by Crippen LogP contribution is -2.43. The maximum absolute atomic E-state index is 7.09. The molecular formula is C25H32BNO5. The maximum Gasteiger partial charge on any atom is 0.494 e. The maximum atomic E-state index is 7.09. The first-order valence-corrected chi connectivity index (χ1v) is 11.3. The number of benzene rings is 2. The van der Waals surface area contributed by atoms with Crippen LogP contribution in [0.1, 0.15) is 52.5 Å². The van der Waals surface area contributed by atoms with Crippen molar-refractivity contribution in [1.29, 1.82) is 0 Å². The highest BCUT2D eigenvalue weighted by atomic mass is 16.7. The highest BCUT2D eigenvalue weighted by Gasteiger charge is 2.28. The van der Waals surface area contributed by atoms with Gasteiger partial charge in [-0.3, -0.25) is 0 Å². The molecule has 1 atom stereocenters. The lowest BCUT2D eigenvalue weighted by Gasteiger charge is -2.25. The molecule has 0 spiro atoms. The fourth-order valence-electron chi connectivity index (χ4n) is 3.42. The fourth-order valence-corrected chi connectivity index (χ4v) is 3.42. The van der Waals surface area contributed by atoms with Crippen LogP contribution >= 0.6 is 0 Å². The van der Waals surface area contributed by atoms with Crippen molar-refractivity contribution in [2.45, 2.75) is 72.1 Å². The molecule has 1 aliphatic rings. The third-order valence-electron chi connectivity index (χ3n) is 4.92. The number of hydrogen-bond acceptors (Lipinski definition) is 5. The lowest BCUT2D eigenvalue weighted by molar-refractivity contribution is -0.168. The Bertz CT molecular complexity index is 878. The van der Waals surface area contributed by atoms with Crippen LogP contribution in [-0.4, -0.2) is 32.2 Å². The molecule has 0 amide bonds. The van der Waals surface area contributed by atoms with Gasteiger partial charge in [-0.05, 0) is 82.2 Å². The van der Waals surface area contributed by atoms with Crippen molar-refractivity contribution in [3.8, 4) is 11.5 Å². The minimum atomic E-state index is -0.507. The van der Waals surface area contributed by atoms with Gasteiger partial charge in [0.1, 0.15) is 11.5 Å². The molecule has 0 aromatic heterocycles. The fraction of sp³-hybridized carbons (Fsp3) is 0.480. The molecule has 2 aromatic carbocycles. The number of nitrogens with zero attached hydrogens (tertiary/aromatic N) is 1. The van der Waals surface area contributed by atoms with Crippen LogP contribution in [0.25, 0.3) is 4.85 Å². The molecule has 0 radical (unpaired) electrons. The Balaban J connectivity index is 1.84. The zero-order chi connectivity index (χ0) is 22.9. The second-order valence-corrected chi connectivity index (χ2v) is 8.38. The third kappa shape index (κ3) is 7.35. The van der Waals surface area contributed by atoms with Gasteiger partial charge >= 0.3 is 7.12 Å². The summed E-state index contributed by atoms with van der Waals surface area (Å²) in [5.41, 5.74) is 2.42. The zero-order valence-corrected chi connectivity index (χ0v) is 19.4. The van der Waals surface area contributed by atoms with Crippen LogP contribution in [-0.2, 0) is 25.4 Å². The van der Waals surface area contributed by atoms with Gasteiger partial charge in [0, 0.05) is 18.8 Å². The van der Waals surface area contributed by atoms with Crippen LogP contribution < -0.4 is 10.2 Å². The molecule has 1 fully saturated rings. The van der Waals surface area contributed by atoms with E-state index in [2.05, 4.69) is 4.85 Å². The Kier molecular flexibility index (Phi) is 9.13. The summed E-state index contributed by atoms with van der Waals surface area (Å²) in [6.45, 7) is 16.2. The van der Waals surface area contributed by atoms with E-state index in [1.54, 1.807) is 24.3 Å². The second kappa shape index (κ2) is 12.0.